The van der Waals surface area contributed by atoms with Gasteiger partial charge >= 0.3 is 0 Å². The van der Waals surface area contributed by atoms with Gasteiger partial charge in [-0.2, -0.15) is 5.26 Å². The summed E-state index contributed by atoms with van der Waals surface area (Å²) in [6, 6.07) is 28.3. The first-order chi connectivity index (χ1) is 14.5. The van der Waals surface area contributed by atoms with Crippen LogP contribution in [0.4, 0.5) is 0 Å². The molecule has 0 aliphatic heterocycles. The van der Waals surface area contributed by atoms with Crippen molar-refractivity contribution in [1.82, 2.24) is 0 Å². The lowest BCUT2D eigenvalue weighted by atomic mass is 9.78. The van der Waals surface area contributed by atoms with E-state index in [-0.39, 0.29) is 11.3 Å². The quantitative estimate of drug-likeness (QED) is 0.381. The Hall–Kier alpha value is -3.25. The van der Waals surface area contributed by atoms with Crippen LogP contribution in [0.3, 0.4) is 0 Å². The predicted molar refractivity (Wildman–Crippen MR) is 121 cm³/mol. The fourth-order valence-electron chi connectivity index (χ4n) is 3.54. The first kappa shape index (κ1) is 21.5. The Bertz CT molecular complexity index is 972. The monoisotopic (exact) mass is 399 g/mol. The average molecular weight is 400 g/mol. The highest BCUT2D eigenvalue weighted by Gasteiger charge is 2.23. The molecule has 0 radical (unpaired) electrons. The molecule has 0 spiro atoms. The summed E-state index contributed by atoms with van der Waals surface area (Å²) in [5, 5.41) is 9.82. The van der Waals surface area contributed by atoms with Gasteiger partial charge in [-0.25, -0.2) is 0 Å². The summed E-state index contributed by atoms with van der Waals surface area (Å²) in [6.07, 6.45) is 1.69. The number of rotatable bonds is 9. The van der Waals surface area contributed by atoms with Gasteiger partial charge in [0, 0.05) is 0 Å². The Morgan fingerprint density at radius 1 is 0.867 bits per heavy atom. The smallest absolute Gasteiger partial charge is 0.127 e. The molecule has 0 aromatic heterocycles. The SMILES string of the molecule is CCOc1ccc(C(C)(C)CCC(C#N)c2cccc(Oc3ccccc3)c2)cc1. The van der Waals surface area contributed by atoms with E-state index in [2.05, 4.69) is 32.0 Å². The molecule has 0 aliphatic rings. The fraction of sp³-hybridized carbons (Fsp3) is 0.296. The molecular formula is C27H29NO2. The van der Waals surface area contributed by atoms with Crippen LogP contribution in [0.15, 0.2) is 78.9 Å². The predicted octanol–water partition coefficient (Wildman–Crippen LogP) is 7.24. The Morgan fingerprint density at radius 3 is 2.23 bits per heavy atom. The molecule has 0 saturated heterocycles. The van der Waals surface area contributed by atoms with Crippen LogP contribution in [-0.2, 0) is 5.41 Å². The Labute approximate surface area is 179 Å². The van der Waals surface area contributed by atoms with Crippen LogP contribution in [0.5, 0.6) is 17.2 Å². The third-order valence-corrected chi connectivity index (χ3v) is 5.40. The van der Waals surface area contributed by atoms with E-state index < -0.39 is 0 Å². The maximum Gasteiger partial charge on any atom is 0.127 e. The van der Waals surface area contributed by atoms with Crippen molar-refractivity contribution in [3.8, 4) is 23.3 Å². The van der Waals surface area contributed by atoms with Gasteiger partial charge in [0.1, 0.15) is 17.2 Å². The zero-order valence-electron chi connectivity index (χ0n) is 18.0. The van der Waals surface area contributed by atoms with Crippen molar-refractivity contribution in [2.45, 2.75) is 44.9 Å². The molecule has 3 aromatic carbocycles. The number of hydrogen-bond acceptors (Lipinski definition) is 3. The fourth-order valence-corrected chi connectivity index (χ4v) is 3.54. The van der Waals surface area contributed by atoms with Gasteiger partial charge in [-0.3, -0.25) is 0 Å². The molecule has 0 aliphatic carbocycles. The summed E-state index contributed by atoms with van der Waals surface area (Å²) in [5.74, 6) is 2.26. The molecule has 30 heavy (non-hydrogen) atoms. The van der Waals surface area contributed by atoms with Gasteiger partial charge < -0.3 is 9.47 Å². The molecule has 3 heteroatoms. The lowest BCUT2D eigenvalue weighted by molar-refractivity contribution is 0.339. The maximum absolute atomic E-state index is 9.82. The molecule has 0 heterocycles. The highest BCUT2D eigenvalue weighted by molar-refractivity contribution is 5.37. The van der Waals surface area contributed by atoms with E-state index in [0.29, 0.717) is 6.61 Å². The zero-order valence-corrected chi connectivity index (χ0v) is 18.0. The van der Waals surface area contributed by atoms with E-state index in [0.717, 1.165) is 35.7 Å². The molecule has 0 fully saturated rings. The number of hydrogen-bond donors (Lipinski definition) is 0. The van der Waals surface area contributed by atoms with Crippen molar-refractivity contribution in [3.63, 3.8) is 0 Å². The third-order valence-electron chi connectivity index (χ3n) is 5.40. The molecule has 1 unspecified atom stereocenters. The molecule has 0 N–H and O–H groups in total. The number of ether oxygens (including phenoxy) is 2. The second-order valence-electron chi connectivity index (χ2n) is 8.05. The lowest BCUT2D eigenvalue weighted by Gasteiger charge is -2.26. The largest absolute Gasteiger partial charge is 0.494 e. The molecular weight excluding hydrogens is 370 g/mol. The maximum atomic E-state index is 9.82. The van der Waals surface area contributed by atoms with E-state index in [1.807, 2.05) is 73.7 Å². The minimum absolute atomic E-state index is 0.0298. The van der Waals surface area contributed by atoms with Gasteiger partial charge in [-0.15, -0.1) is 0 Å². The highest BCUT2D eigenvalue weighted by atomic mass is 16.5. The molecule has 154 valence electrons. The minimum Gasteiger partial charge on any atom is -0.494 e. The topological polar surface area (TPSA) is 42.2 Å². The zero-order chi connectivity index (χ0) is 21.4. The Morgan fingerprint density at radius 2 is 1.57 bits per heavy atom. The highest BCUT2D eigenvalue weighted by Crippen LogP contribution is 2.34. The molecule has 0 saturated carbocycles. The van der Waals surface area contributed by atoms with Crippen molar-refractivity contribution in [3.05, 3.63) is 90.0 Å². The summed E-state index contributed by atoms with van der Waals surface area (Å²) in [6.45, 7) is 7.11. The van der Waals surface area contributed by atoms with Crippen molar-refractivity contribution in [2.75, 3.05) is 6.61 Å². The summed E-state index contributed by atoms with van der Waals surface area (Å²) in [4.78, 5) is 0. The van der Waals surface area contributed by atoms with Crippen molar-refractivity contribution < 1.29 is 9.47 Å². The lowest BCUT2D eigenvalue weighted by Crippen LogP contribution is -2.18. The van der Waals surface area contributed by atoms with Gasteiger partial charge in [0.2, 0.25) is 0 Å². The molecule has 0 bridgehead atoms. The normalized spacial score (nSPS) is 12.1. The number of nitriles is 1. The number of benzene rings is 3. The second-order valence-corrected chi connectivity index (χ2v) is 8.05. The molecule has 3 aromatic rings. The summed E-state index contributed by atoms with van der Waals surface area (Å²) in [7, 11) is 0. The number of nitrogens with zero attached hydrogens (tertiary/aromatic N) is 1. The van der Waals surface area contributed by atoms with Crippen LogP contribution < -0.4 is 9.47 Å². The molecule has 1 atom stereocenters. The standard InChI is InChI=1S/C27H29NO2/c1-4-29-24-15-13-23(14-16-24)27(2,3)18-17-22(20-28)21-9-8-12-26(19-21)30-25-10-6-5-7-11-25/h5-16,19,22H,4,17-18H2,1-3H3. The molecule has 3 nitrogen and oxygen atoms in total. The summed E-state index contributed by atoms with van der Waals surface area (Å²) < 4.78 is 11.5. The number of para-hydroxylation sites is 1. The van der Waals surface area contributed by atoms with Gasteiger partial charge in [-0.05, 0) is 72.7 Å². The van der Waals surface area contributed by atoms with Crippen LogP contribution in [0.25, 0.3) is 0 Å². The van der Waals surface area contributed by atoms with E-state index in [1.54, 1.807) is 0 Å². The van der Waals surface area contributed by atoms with Gasteiger partial charge in [0.25, 0.3) is 0 Å². The van der Waals surface area contributed by atoms with E-state index in [9.17, 15) is 5.26 Å². The van der Waals surface area contributed by atoms with Crippen LogP contribution in [0.2, 0.25) is 0 Å². The van der Waals surface area contributed by atoms with Crippen molar-refractivity contribution >= 4 is 0 Å². The third kappa shape index (κ3) is 5.64. The molecule has 3 rings (SSSR count). The van der Waals surface area contributed by atoms with Crippen LogP contribution >= 0.6 is 0 Å². The van der Waals surface area contributed by atoms with Crippen LogP contribution in [0, 0.1) is 11.3 Å². The van der Waals surface area contributed by atoms with Crippen LogP contribution in [-0.4, -0.2) is 6.61 Å². The van der Waals surface area contributed by atoms with Crippen LogP contribution in [0.1, 0.15) is 50.7 Å². The Balaban J connectivity index is 1.67. The van der Waals surface area contributed by atoms with Gasteiger partial charge in [0.15, 0.2) is 0 Å². The van der Waals surface area contributed by atoms with Gasteiger partial charge in [0.05, 0.1) is 18.6 Å². The minimum atomic E-state index is -0.175. The van der Waals surface area contributed by atoms with Crippen molar-refractivity contribution in [2.24, 2.45) is 0 Å². The van der Waals surface area contributed by atoms with E-state index in [4.69, 9.17) is 9.47 Å². The van der Waals surface area contributed by atoms with E-state index in [1.165, 1.54) is 5.56 Å². The Kier molecular flexibility index (Phi) is 7.14. The summed E-state index contributed by atoms with van der Waals surface area (Å²) in [5.41, 5.74) is 2.22. The first-order valence-corrected chi connectivity index (χ1v) is 10.5. The van der Waals surface area contributed by atoms with E-state index >= 15 is 0 Å². The summed E-state index contributed by atoms with van der Waals surface area (Å²) >= 11 is 0. The second kappa shape index (κ2) is 9.98. The van der Waals surface area contributed by atoms with Gasteiger partial charge in [-0.1, -0.05) is 56.3 Å². The first-order valence-electron chi connectivity index (χ1n) is 10.5. The molecule has 0 amide bonds. The average Bonchev–Trinajstić information content (AvgIpc) is 2.76. The van der Waals surface area contributed by atoms with Crippen molar-refractivity contribution in [1.29, 1.82) is 5.26 Å².